The second-order valence-electron chi connectivity index (χ2n) is 8.39. The second-order valence-corrected chi connectivity index (χ2v) is 8.39. The number of carbonyl (C=O) groups is 1. The van der Waals surface area contributed by atoms with Gasteiger partial charge < -0.3 is 24.6 Å². The van der Waals surface area contributed by atoms with E-state index < -0.39 is 0 Å². The van der Waals surface area contributed by atoms with Crippen LogP contribution in [0.2, 0.25) is 0 Å². The number of piperidine rings is 1. The Labute approximate surface area is 184 Å². The first-order valence-electron chi connectivity index (χ1n) is 11.1. The van der Waals surface area contributed by atoms with Gasteiger partial charge in [0.25, 0.3) is 0 Å². The van der Waals surface area contributed by atoms with E-state index in [1.807, 2.05) is 32.0 Å². The van der Waals surface area contributed by atoms with Crippen molar-refractivity contribution < 1.29 is 18.8 Å². The predicted octanol–water partition coefficient (Wildman–Crippen LogP) is 4.62. The highest BCUT2D eigenvalue weighted by molar-refractivity contribution is 5.93. The highest BCUT2D eigenvalue weighted by Crippen LogP contribution is 2.39. The average molecular weight is 430 g/mol. The van der Waals surface area contributed by atoms with Gasteiger partial charge in [-0.25, -0.2) is 0 Å². The highest BCUT2D eigenvalue weighted by atomic mass is 16.5. The summed E-state index contributed by atoms with van der Waals surface area (Å²) in [6.45, 7) is 6.24. The minimum absolute atomic E-state index is 0.0450. The number of ether oxygens (including phenoxy) is 2. The van der Waals surface area contributed by atoms with E-state index in [9.17, 15) is 4.79 Å². The number of nitrogens with zero attached hydrogens (tertiary/aromatic N) is 1. The van der Waals surface area contributed by atoms with Crippen LogP contribution in [-0.4, -0.2) is 44.0 Å². The number of hydrogen-bond acceptors (Lipinski definition) is 6. The minimum atomic E-state index is -0.291. The monoisotopic (exact) mass is 429 g/mol. The Morgan fingerprint density at radius 2 is 1.90 bits per heavy atom. The second kappa shape index (κ2) is 10.8. The van der Waals surface area contributed by atoms with Gasteiger partial charge in [0, 0.05) is 18.4 Å². The first-order valence-corrected chi connectivity index (χ1v) is 11.1. The molecule has 2 aliphatic rings. The summed E-state index contributed by atoms with van der Waals surface area (Å²) in [5.41, 5.74) is 2.95. The molecule has 2 aromatic rings. The van der Waals surface area contributed by atoms with E-state index in [-0.39, 0.29) is 11.5 Å². The Balaban J connectivity index is 0.000000391. The van der Waals surface area contributed by atoms with Crippen LogP contribution >= 0.6 is 0 Å². The van der Waals surface area contributed by atoms with Crippen molar-refractivity contribution in [1.29, 1.82) is 0 Å². The quantitative estimate of drug-likeness (QED) is 0.697. The molecule has 1 saturated carbocycles. The zero-order valence-electron chi connectivity index (χ0n) is 19.2. The first-order chi connectivity index (χ1) is 15.0. The third kappa shape index (κ3) is 5.86. The zero-order chi connectivity index (χ0) is 22.3. The molecule has 1 saturated heterocycles. The number of hydrogen-bond donors (Lipinski definition) is 2. The summed E-state index contributed by atoms with van der Waals surface area (Å²) in [6, 6.07) is 5.56. The molecule has 170 valence electrons. The van der Waals surface area contributed by atoms with Crippen LogP contribution < -0.4 is 15.4 Å². The van der Waals surface area contributed by atoms with Crippen molar-refractivity contribution in [3.05, 3.63) is 29.7 Å². The number of amides is 1. The molecule has 0 radical (unpaired) electrons. The summed E-state index contributed by atoms with van der Waals surface area (Å²) >= 11 is 0. The molecular weight excluding hydrogens is 394 g/mol. The molecule has 2 N–H and O–H groups in total. The number of aryl methyl sites for hydroxylation is 2. The van der Waals surface area contributed by atoms with Crippen LogP contribution in [0.1, 0.15) is 56.4 Å². The van der Waals surface area contributed by atoms with Gasteiger partial charge in [-0.1, -0.05) is 11.6 Å². The van der Waals surface area contributed by atoms with E-state index in [1.165, 1.54) is 32.4 Å². The van der Waals surface area contributed by atoms with Crippen LogP contribution in [0.5, 0.6) is 5.75 Å². The predicted molar refractivity (Wildman–Crippen MR) is 122 cm³/mol. The van der Waals surface area contributed by atoms with Gasteiger partial charge in [-0.05, 0) is 77.2 Å². The standard InChI is InChI=1S/C19H24N2O4.C5H11N/c1-12-18(13(2)25-21-12)15-10-14(6-7-16(15)23-3)20-17(22)11-19(24-4)8-5-9-19;1-2-4-6-5-3-1/h6-7,10H,5,8-9,11H2,1-4H3,(H,20,22);6H,1-5H2. The van der Waals surface area contributed by atoms with Crippen LogP contribution in [0.15, 0.2) is 22.7 Å². The zero-order valence-corrected chi connectivity index (χ0v) is 19.2. The van der Waals surface area contributed by atoms with E-state index in [2.05, 4.69) is 15.8 Å². The van der Waals surface area contributed by atoms with E-state index in [0.717, 1.165) is 36.1 Å². The minimum Gasteiger partial charge on any atom is -0.496 e. The third-order valence-electron chi connectivity index (χ3n) is 6.17. The fraction of sp³-hybridized carbons (Fsp3) is 0.583. The van der Waals surface area contributed by atoms with Gasteiger partial charge in [0.2, 0.25) is 5.91 Å². The molecule has 31 heavy (non-hydrogen) atoms. The topological polar surface area (TPSA) is 85.6 Å². The molecule has 7 heteroatoms. The van der Waals surface area contributed by atoms with Crippen LogP contribution in [0.25, 0.3) is 11.1 Å². The van der Waals surface area contributed by atoms with Gasteiger partial charge in [0.1, 0.15) is 11.5 Å². The van der Waals surface area contributed by atoms with Crippen molar-refractivity contribution in [2.75, 3.05) is 32.6 Å². The Morgan fingerprint density at radius 1 is 1.16 bits per heavy atom. The SMILES string of the molecule is C1CCNCC1.COc1ccc(NC(=O)CC2(OC)CCC2)cc1-c1c(C)noc1C. The number of carbonyl (C=O) groups excluding carboxylic acids is 1. The van der Waals surface area contributed by atoms with Crippen molar-refractivity contribution >= 4 is 11.6 Å². The number of aromatic nitrogens is 1. The van der Waals surface area contributed by atoms with Gasteiger partial charge >= 0.3 is 0 Å². The molecule has 1 aliphatic carbocycles. The lowest BCUT2D eigenvalue weighted by Crippen LogP contribution is -2.42. The van der Waals surface area contributed by atoms with Gasteiger partial charge in [-0.3, -0.25) is 4.79 Å². The molecule has 0 bridgehead atoms. The highest BCUT2D eigenvalue weighted by Gasteiger charge is 2.39. The average Bonchev–Trinajstić information content (AvgIpc) is 3.10. The third-order valence-corrected chi connectivity index (χ3v) is 6.17. The van der Waals surface area contributed by atoms with E-state index in [0.29, 0.717) is 23.6 Å². The van der Waals surface area contributed by atoms with E-state index >= 15 is 0 Å². The molecule has 0 unspecified atom stereocenters. The van der Waals surface area contributed by atoms with E-state index in [4.69, 9.17) is 14.0 Å². The lowest BCUT2D eigenvalue weighted by molar-refractivity contribution is -0.129. The number of benzene rings is 1. The van der Waals surface area contributed by atoms with Crippen molar-refractivity contribution in [1.82, 2.24) is 10.5 Å². The van der Waals surface area contributed by atoms with Gasteiger partial charge in [0.05, 0.1) is 30.4 Å². The molecule has 1 amide bonds. The molecular formula is C24H35N3O4. The molecule has 4 rings (SSSR count). The van der Waals surface area contributed by atoms with Crippen LogP contribution in [0, 0.1) is 13.8 Å². The Bertz CT molecular complexity index is 833. The van der Waals surface area contributed by atoms with E-state index in [1.54, 1.807) is 14.2 Å². The van der Waals surface area contributed by atoms with Crippen molar-refractivity contribution in [3.8, 4) is 16.9 Å². The number of nitrogens with one attached hydrogen (secondary N) is 2. The van der Waals surface area contributed by atoms with Gasteiger partial charge in [0.15, 0.2) is 0 Å². The summed E-state index contributed by atoms with van der Waals surface area (Å²) in [5, 5.41) is 10.3. The Morgan fingerprint density at radius 3 is 2.35 bits per heavy atom. The van der Waals surface area contributed by atoms with Gasteiger partial charge in [-0.15, -0.1) is 0 Å². The fourth-order valence-corrected chi connectivity index (χ4v) is 4.17. The summed E-state index contributed by atoms with van der Waals surface area (Å²) < 4.78 is 16.3. The van der Waals surface area contributed by atoms with Crippen molar-refractivity contribution in [3.63, 3.8) is 0 Å². The largest absolute Gasteiger partial charge is 0.496 e. The lowest BCUT2D eigenvalue weighted by Gasteiger charge is -2.39. The van der Waals surface area contributed by atoms with Crippen molar-refractivity contribution in [2.45, 2.75) is 64.4 Å². The molecule has 2 heterocycles. The summed E-state index contributed by atoms with van der Waals surface area (Å²) in [6.07, 6.45) is 7.57. The smallest absolute Gasteiger partial charge is 0.227 e. The van der Waals surface area contributed by atoms with Crippen molar-refractivity contribution in [2.24, 2.45) is 0 Å². The lowest BCUT2D eigenvalue weighted by atomic mass is 9.77. The van der Waals surface area contributed by atoms with Gasteiger partial charge in [-0.2, -0.15) is 0 Å². The summed E-state index contributed by atoms with van der Waals surface area (Å²) in [5.74, 6) is 1.38. The first kappa shape index (κ1) is 23.3. The molecule has 0 spiro atoms. The van der Waals surface area contributed by atoms with Crippen LogP contribution in [-0.2, 0) is 9.53 Å². The number of anilines is 1. The fourth-order valence-electron chi connectivity index (χ4n) is 4.17. The molecule has 1 aromatic heterocycles. The molecule has 1 aromatic carbocycles. The molecule has 2 fully saturated rings. The Hall–Kier alpha value is -2.38. The summed E-state index contributed by atoms with van der Waals surface area (Å²) in [4.78, 5) is 12.4. The maximum atomic E-state index is 12.4. The normalized spacial score (nSPS) is 17.2. The molecule has 1 aliphatic heterocycles. The Kier molecular flexibility index (Phi) is 8.09. The van der Waals surface area contributed by atoms with Crippen LogP contribution in [0.3, 0.4) is 0 Å². The maximum Gasteiger partial charge on any atom is 0.227 e. The number of rotatable bonds is 6. The molecule has 0 atom stereocenters. The summed E-state index contributed by atoms with van der Waals surface area (Å²) in [7, 11) is 3.30. The maximum absolute atomic E-state index is 12.4. The number of methoxy groups -OCH3 is 2. The molecule has 7 nitrogen and oxygen atoms in total. The van der Waals surface area contributed by atoms with Crippen LogP contribution in [0.4, 0.5) is 5.69 Å².